The number of benzene rings is 1. The SMILES string of the molecule is COc1cc(Cl)c(OC)c(CC(C)(C)N)c1OC. The molecule has 4 nitrogen and oxygen atoms in total. The second-order valence-corrected chi connectivity index (χ2v) is 5.18. The van der Waals surface area contributed by atoms with Crippen LogP contribution < -0.4 is 19.9 Å². The van der Waals surface area contributed by atoms with Gasteiger partial charge in [-0.1, -0.05) is 11.6 Å². The Morgan fingerprint density at radius 3 is 2.06 bits per heavy atom. The van der Waals surface area contributed by atoms with E-state index in [0.717, 1.165) is 5.56 Å². The van der Waals surface area contributed by atoms with Crippen molar-refractivity contribution in [1.82, 2.24) is 0 Å². The molecule has 1 aromatic carbocycles. The maximum Gasteiger partial charge on any atom is 0.167 e. The fourth-order valence-corrected chi connectivity index (χ4v) is 2.14. The van der Waals surface area contributed by atoms with Gasteiger partial charge in [0.15, 0.2) is 11.5 Å². The van der Waals surface area contributed by atoms with E-state index >= 15 is 0 Å². The highest BCUT2D eigenvalue weighted by atomic mass is 35.5. The third-order valence-corrected chi connectivity index (χ3v) is 2.79. The van der Waals surface area contributed by atoms with E-state index in [9.17, 15) is 0 Å². The maximum absolute atomic E-state index is 6.17. The van der Waals surface area contributed by atoms with Crippen LogP contribution in [0.25, 0.3) is 0 Å². The molecule has 0 saturated carbocycles. The predicted molar refractivity (Wildman–Crippen MR) is 73.1 cm³/mol. The quantitative estimate of drug-likeness (QED) is 0.896. The van der Waals surface area contributed by atoms with E-state index in [1.165, 1.54) is 0 Å². The molecular weight excluding hydrogens is 254 g/mol. The minimum atomic E-state index is -0.406. The molecule has 1 aromatic rings. The molecule has 0 heterocycles. The molecule has 5 heteroatoms. The van der Waals surface area contributed by atoms with Crippen molar-refractivity contribution >= 4 is 11.6 Å². The van der Waals surface area contributed by atoms with Gasteiger partial charge in [-0.05, 0) is 20.3 Å². The van der Waals surface area contributed by atoms with Gasteiger partial charge < -0.3 is 19.9 Å². The Morgan fingerprint density at radius 1 is 1.11 bits per heavy atom. The Bertz CT molecular complexity index is 427. The van der Waals surface area contributed by atoms with Gasteiger partial charge in [-0.15, -0.1) is 0 Å². The zero-order valence-electron chi connectivity index (χ0n) is 11.5. The first-order valence-corrected chi connectivity index (χ1v) is 5.98. The van der Waals surface area contributed by atoms with Gasteiger partial charge in [-0.25, -0.2) is 0 Å². The minimum Gasteiger partial charge on any atom is -0.495 e. The first kappa shape index (κ1) is 14.9. The zero-order chi connectivity index (χ0) is 13.9. The minimum absolute atomic E-state index is 0.406. The topological polar surface area (TPSA) is 53.7 Å². The third-order valence-electron chi connectivity index (χ3n) is 2.51. The summed E-state index contributed by atoms with van der Waals surface area (Å²) in [6, 6.07) is 1.67. The lowest BCUT2D eigenvalue weighted by Gasteiger charge is -2.23. The van der Waals surface area contributed by atoms with Gasteiger partial charge in [0.25, 0.3) is 0 Å². The number of halogens is 1. The second-order valence-electron chi connectivity index (χ2n) is 4.77. The summed E-state index contributed by atoms with van der Waals surface area (Å²) in [6.45, 7) is 3.86. The van der Waals surface area contributed by atoms with E-state index in [0.29, 0.717) is 28.7 Å². The highest BCUT2D eigenvalue weighted by Gasteiger charge is 2.24. The number of nitrogens with two attached hydrogens (primary N) is 1. The summed E-state index contributed by atoms with van der Waals surface area (Å²) in [4.78, 5) is 0. The number of hydrogen-bond acceptors (Lipinski definition) is 4. The molecule has 1 rings (SSSR count). The van der Waals surface area contributed by atoms with E-state index in [-0.39, 0.29) is 0 Å². The van der Waals surface area contributed by atoms with Crippen molar-refractivity contribution in [3.63, 3.8) is 0 Å². The van der Waals surface area contributed by atoms with Crippen molar-refractivity contribution in [3.8, 4) is 17.2 Å². The lowest BCUT2D eigenvalue weighted by molar-refractivity contribution is 0.339. The van der Waals surface area contributed by atoms with E-state index < -0.39 is 5.54 Å². The molecule has 0 amide bonds. The second kappa shape index (κ2) is 5.67. The monoisotopic (exact) mass is 273 g/mol. The van der Waals surface area contributed by atoms with Crippen LogP contribution in [0.2, 0.25) is 5.02 Å². The van der Waals surface area contributed by atoms with Crippen LogP contribution in [0.3, 0.4) is 0 Å². The lowest BCUT2D eigenvalue weighted by atomic mass is 9.94. The van der Waals surface area contributed by atoms with E-state index in [4.69, 9.17) is 31.5 Å². The van der Waals surface area contributed by atoms with Crippen LogP contribution in [0.5, 0.6) is 17.2 Å². The summed E-state index contributed by atoms with van der Waals surface area (Å²) in [7, 11) is 4.72. The molecule has 0 atom stereocenters. The van der Waals surface area contributed by atoms with Crippen molar-refractivity contribution in [2.75, 3.05) is 21.3 Å². The fourth-order valence-electron chi connectivity index (χ4n) is 1.85. The maximum atomic E-state index is 6.17. The molecule has 0 fully saturated rings. The molecular formula is C13H20ClNO3. The Morgan fingerprint density at radius 2 is 1.67 bits per heavy atom. The normalized spacial score (nSPS) is 11.3. The summed E-state index contributed by atoms with van der Waals surface area (Å²) in [6.07, 6.45) is 0.566. The Balaban J connectivity index is 3.45. The van der Waals surface area contributed by atoms with Gasteiger partial charge >= 0.3 is 0 Å². The Labute approximate surface area is 113 Å². The molecule has 0 aliphatic carbocycles. The van der Waals surface area contributed by atoms with Crippen LogP contribution in [-0.2, 0) is 6.42 Å². The third kappa shape index (κ3) is 3.21. The molecule has 0 aliphatic heterocycles. The first-order chi connectivity index (χ1) is 8.34. The summed E-state index contributed by atoms with van der Waals surface area (Å²) in [5.74, 6) is 1.76. The average molecular weight is 274 g/mol. The number of hydrogen-bond donors (Lipinski definition) is 1. The number of rotatable bonds is 5. The van der Waals surface area contributed by atoms with Crippen molar-refractivity contribution in [2.45, 2.75) is 25.8 Å². The van der Waals surface area contributed by atoms with Crippen LogP contribution >= 0.6 is 11.6 Å². The first-order valence-electron chi connectivity index (χ1n) is 5.60. The standard InChI is InChI=1S/C13H20ClNO3/c1-13(2,15)7-8-11(17-4)9(14)6-10(16-3)12(8)18-5/h6H,7,15H2,1-5H3. The fraction of sp³-hybridized carbons (Fsp3) is 0.538. The van der Waals surface area contributed by atoms with Crippen molar-refractivity contribution in [3.05, 3.63) is 16.7 Å². The highest BCUT2D eigenvalue weighted by molar-refractivity contribution is 6.32. The highest BCUT2D eigenvalue weighted by Crippen LogP contribution is 2.43. The summed E-state index contributed by atoms with van der Waals surface area (Å²) >= 11 is 6.17. The van der Waals surface area contributed by atoms with E-state index in [1.807, 2.05) is 13.8 Å². The summed E-state index contributed by atoms with van der Waals surface area (Å²) < 4.78 is 16.0. The van der Waals surface area contributed by atoms with Gasteiger partial charge in [0.05, 0.1) is 26.4 Å². The molecule has 0 radical (unpaired) electrons. The molecule has 18 heavy (non-hydrogen) atoms. The summed E-state index contributed by atoms with van der Waals surface area (Å²) in [5.41, 5.74) is 6.47. The van der Waals surface area contributed by atoms with Crippen LogP contribution in [-0.4, -0.2) is 26.9 Å². The zero-order valence-corrected chi connectivity index (χ0v) is 12.2. The van der Waals surface area contributed by atoms with Gasteiger partial charge in [0, 0.05) is 17.2 Å². The molecule has 0 saturated heterocycles. The predicted octanol–water partition coefficient (Wildman–Crippen LogP) is 2.65. The molecule has 2 N–H and O–H groups in total. The molecule has 0 bridgehead atoms. The molecule has 0 unspecified atom stereocenters. The van der Waals surface area contributed by atoms with Crippen LogP contribution in [0.15, 0.2) is 6.07 Å². The van der Waals surface area contributed by atoms with Gasteiger partial charge in [-0.2, -0.15) is 0 Å². The van der Waals surface area contributed by atoms with Gasteiger partial charge in [0.2, 0.25) is 0 Å². The summed E-state index contributed by atoms with van der Waals surface area (Å²) in [5, 5.41) is 0.481. The van der Waals surface area contributed by atoms with E-state index in [2.05, 4.69) is 0 Å². The Hall–Kier alpha value is -1.13. The van der Waals surface area contributed by atoms with E-state index in [1.54, 1.807) is 27.4 Å². The number of ether oxygens (including phenoxy) is 3. The molecule has 102 valence electrons. The largest absolute Gasteiger partial charge is 0.495 e. The Kier molecular flexibility index (Phi) is 4.71. The molecule has 0 aromatic heterocycles. The molecule has 0 spiro atoms. The van der Waals surface area contributed by atoms with Crippen LogP contribution in [0, 0.1) is 0 Å². The number of methoxy groups -OCH3 is 3. The van der Waals surface area contributed by atoms with Crippen molar-refractivity contribution in [1.29, 1.82) is 0 Å². The average Bonchev–Trinajstić information content (AvgIpc) is 2.26. The van der Waals surface area contributed by atoms with Gasteiger partial charge in [-0.3, -0.25) is 0 Å². The molecule has 0 aliphatic rings. The van der Waals surface area contributed by atoms with Crippen molar-refractivity contribution < 1.29 is 14.2 Å². The van der Waals surface area contributed by atoms with Crippen LogP contribution in [0.4, 0.5) is 0 Å². The smallest absolute Gasteiger partial charge is 0.167 e. The lowest BCUT2D eigenvalue weighted by Crippen LogP contribution is -2.34. The van der Waals surface area contributed by atoms with Gasteiger partial charge in [0.1, 0.15) is 5.75 Å². The van der Waals surface area contributed by atoms with Crippen LogP contribution in [0.1, 0.15) is 19.4 Å². The van der Waals surface area contributed by atoms with Crippen molar-refractivity contribution in [2.24, 2.45) is 5.73 Å².